The number of halogens is 2. The molecule has 0 radical (unpaired) electrons. The van der Waals surface area contributed by atoms with Crippen molar-refractivity contribution in [3.63, 3.8) is 0 Å². The first-order chi connectivity index (χ1) is 19.7. The molecule has 1 unspecified atom stereocenters. The van der Waals surface area contributed by atoms with Gasteiger partial charge in [-0.05, 0) is 85.3 Å². The number of benzene rings is 2. The van der Waals surface area contributed by atoms with Gasteiger partial charge in [-0.1, -0.05) is 36.7 Å². The standard InChI is InChI=1S/C32H38ClFN2O5/c1-2-22-17-21(5-12-28(22)41-16-15-36-29(37)13-14-30(36)38)19-35(18-20-3-6-23(7-4-20)32(39)40)27-11-9-25-24(27)8-10-26(33)31(25)34/h5,8,10,12-14,17,20,23,27,37-38H,2-4,6-7,9,11,15-16,18-19H2,1H3,(H,39,40). The summed E-state index contributed by atoms with van der Waals surface area (Å²) in [5.41, 5.74) is 3.91. The molecule has 2 aliphatic rings. The lowest BCUT2D eigenvalue weighted by Crippen LogP contribution is -2.34. The number of carboxylic acids is 1. The zero-order chi connectivity index (χ0) is 29.1. The maximum absolute atomic E-state index is 14.9. The Morgan fingerprint density at radius 1 is 1.07 bits per heavy atom. The second-order valence-electron chi connectivity index (χ2n) is 11.3. The van der Waals surface area contributed by atoms with Crippen molar-refractivity contribution in [2.24, 2.45) is 11.8 Å². The molecule has 1 saturated carbocycles. The van der Waals surface area contributed by atoms with Crippen LogP contribution in [0.25, 0.3) is 0 Å². The van der Waals surface area contributed by atoms with E-state index in [1.54, 1.807) is 6.07 Å². The number of carbonyl (C=O) groups is 1. The van der Waals surface area contributed by atoms with Crippen LogP contribution in [0, 0.1) is 17.7 Å². The smallest absolute Gasteiger partial charge is 0.306 e. The van der Waals surface area contributed by atoms with Crippen LogP contribution in [0.2, 0.25) is 5.02 Å². The van der Waals surface area contributed by atoms with Gasteiger partial charge in [-0.3, -0.25) is 14.3 Å². The Bertz CT molecular complexity index is 1370. The van der Waals surface area contributed by atoms with Gasteiger partial charge < -0.3 is 20.1 Å². The molecule has 1 heterocycles. The lowest BCUT2D eigenvalue weighted by Gasteiger charge is -2.35. The van der Waals surface area contributed by atoms with E-state index < -0.39 is 5.97 Å². The number of rotatable bonds is 11. The van der Waals surface area contributed by atoms with Gasteiger partial charge in [0.2, 0.25) is 0 Å². The number of aromatic hydroxyl groups is 2. The number of carboxylic acid groups (broad SMARTS) is 1. The van der Waals surface area contributed by atoms with Gasteiger partial charge in [0, 0.05) is 31.3 Å². The molecule has 0 saturated heterocycles. The molecule has 0 aliphatic heterocycles. The Morgan fingerprint density at radius 2 is 1.80 bits per heavy atom. The normalized spacial score (nSPS) is 20.3. The third-order valence-electron chi connectivity index (χ3n) is 8.79. The number of aliphatic carboxylic acids is 1. The molecule has 41 heavy (non-hydrogen) atoms. The summed E-state index contributed by atoms with van der Waals surface area (Å²) >= 11 is 6.10. The van der Waals surface area contributed by atoms with Crippen molar-refractivity contribution in [1.82, 2.24) is 9.47 Å². The fourth-order valence-corrected chi connectivity index (χ4v) is 6.70. The Morgan fingerprint density at radius 3 is 2.49 bits per heavy atom. The van der Waals surface area contributed by atoms with Crippen LogP contribution in [0.5, 0.6) is 17.5 Å². The fraction of sp³-hybridized carbons (Fsp3) is 0.469. The van der Waals surface area contributed by atoms with Gasteiger partial charge in [-0.2, -0.15) is 0 Å². The van der Waals surface area contributed by atoms with E-state index in [0.717, 1.165) is 54.7 Å². The van der Waals surface area contributed by atoms with Crippen LogP contribution >= 0.6 is 11.6 Å². The molecule has 0 amide bonds. The Hall–Kier alpha value is -3.23. The van der Waals surface area contributed by atoms with E-state index in [1.165, 1.54) is 16.7 Å². The van der Waals surface area contributed by atoms with Crippen LogP contribution in [0.3, 0.4) is 0 Å². The summed E-state index contributed by atoms with van der Waals surface area (Å²) in [6.07, 6.45) is 5.39. The summed E-state index contributed by atoms with van der Waals surface area (Å²) in [4.78, 5) is 13.9. The number of hydrogen-bond donors (Lipinski definition) is 3. The SMILES string of the molecule is CCc1cc(CN(CC2CCC(C(=O)O)CC2)C2CCc3c2ccc(Cl)c3F)ccc1OCCn1c(O)ccc1O. The minimum atomic E-state index is -0.700. The van der Waals surface area contributed by atoms with E-state index in [9.17, 15) is 24.5 Å². The molecule has 2 aromatic carbocycles. The topological polar surface area (TPSA) is 95.2 Å². The highest BCUT2D eigenvalue weighted by molar-refractivity contribution is 6.30. The highest BCUT2D eigenvalue weighted by atomic mass is 35.5. The van der Waals surface area contributed by atoms with Gasteiger partial charge in [-0.15, -0.1) is 0 Å². The number of aryl methyl sites for hydroxylation is 1. The second-order valence-corrected chi connectivity index (χ2v) is 11.7. The van der Waals surface area contributed by atoms with Crippen LogP contribution in [-0.2, 0) is 30.7 Å². The van der Waals surface area contributed by atoms with Crippen LogP contribution in [0.15, 0.2) is 42.5 Å². The summed E-state index contributed by atoms with van der Waals surface area (Å²) in [7, 11) is 0. The largest absolute Gasteiger partial charge is 0.494 e. The van der Waals surface area contributed by atoms with Crippen molar-refractivity contribution in [1.29, 1.82) is 0 Å². The molecule has 220 valence electrons. The number of ether oxygens (including phenoxy) is 1. The van der Waals surface area contributed by atoms with Gasteiger partial charge in [0.15, 0.2) is 11.8 Å². The van der Waals surface area contributed by atoms with E-state index in [2.05, 4.69) is 24.0 Å². The van der Waals surface area contributed by atoms with Crippen molar-refractivity contribution in [2.45, 2.75) is 71.0 Å². The highest BCUT2D eigenvalue weighted by Crippen LogP contribution is 2.41. The average molecular weight is 585 g/mol. The molecule has 9 heteroatoms. The van der Waals surface area contributed by atoms with Gasteiger partial charge >= 0.3 is 5.97 Å². The molecular formula is C32H38ClFN2O5. The zero-order valence-electron chi connectivity index (χ0n) is 23.4. The Labute approximate surface area is 245 Å². The number of nitrogens with zero attached hydrogens (tertiary/aromatic N) is 2. The van der Waals surface area contributed by atoms with Crippen LogP contribution in [-0.4, -0.2) is 43.9 Å². The number of aromatic nitrogens is 1. The first-order valence-corrected chi connectivity index (χ1v) is 14.9. The van der Waals surface area contributed by atoms with Crippen molar-refractivity contribution in [3.8, 4) is 17.5 Å². The molecule has 2 aliphatic carbocycles. The summed E-state index contributed by atoms with van der Waals surface area (Å²) in [6.45, 7) is 4.19. The van der Waals surface area contributed by atoms with Crippen molar-refractivity contribution in [2.75, 3.05) is 13.2 Å². The van der Waals surface area contributed by atoms with Gasteiger partial charge in [0.1, 0.15) is 18.2 Å². The molecular weight excluding hydrogens is 547 g/mol. The quantitative estimate of drug-likeness (QED) is 0.232. The first kappa shape index (κ1) is 29.3. The average Bonchev–Trinajstić information content (AvgIpc) is 3.54. The monoisotopic (exact) mass is 584 g/mol. The Balaban J connectivity index is 1.33. The maximum atomic E-state index is 14.9. The molecule has 1 aromatic heterocycles. The minimum absolute atomic E-state index is 0.00987. The van der Waals surface area contributed by atoms with Crippen LogP contribution in [0.4, 0.5) is 4.39 Å². The van der Waals surface area contributed by atoms with Gasteiger partial charge in [-0.25, -0.2) is 4.39 Å². The lowest BCUT2D eigenvalue weighted by molar-refractivity contribution is -0.143. The van der Waals surface area contributed by atoms with Crippen molar-refractivity contribution >= 4 is 17.6 Å². The number of fused-ring (bicyclic) bond motifs is 1. The fourth-order valence-electron chi connectivity index (χ4n) is 6.52. The van der Waals surface area contributed by atoms with Crippen LogP contribution < -0.4 is 4.74 Å². The third kappa shape index (κ3) is 6.49. The summed E-state index contributed by atoms with van der Waals surface area (Å²) in [5.74, 6) is -0.133. The van der Waals surface area contributed by atoms with E-state index in [0.29, 0.717) is 50.4 Å². The third-order valence-corrected chi connectivity index (χ3v) is 9.08. The molecule has 5 rings (SSSR count). The maximum Gasteiger partial charge on any atom is 0.306 e. The molecule has 3 aromatic rings. The van der Waals surface area contributed by atoms with E-state index in [4.69, 9.17) is 16.3 Å². The summed E-state index contributed by atoms with van der Waals surface area (Å²) < 4.78 is 22.3. The molecule has 0 bridgehead atoms. The molecule has 1 fully saturated rings. The van der Waals surface area contributed by atoms with E-state index in [-0.39, 0.29) is 34.6 Å². The zero-order valence-corrected chi connectivity index (χ0v) is 24.1. The van der Waals surface area contributed by atoms with Crippen LogP contribution in [0.1, 0.15) is 67.3 Å². The Kier molecular flexibility index (Phi) is 9.09. The summed E-state index contributed by atoms with van der Waals surface area (Å²) in [6, 6.07) is 12.8. The highest BCUT2D eigenvalue weighted by Gasteiger charge is 2.34. The summed E-state index contributed by atoms with van der Waals surface area (Å²) in [5, 5.41) is 29.3. The van der Waals surface area contributed by atoms with Crippen molar-refractivity contribution < 1.29 is 29.2 Å². The predicted octanol–water partition coefficient (Wildman–Crippen LogP) is 6.71. The first-order valence-electron chi connectivity index (χ1n) is 14.5. The van der Waals surface area contributed by atoms with Gasteiger partial charge in [0.25, 0.3) is 0 Å². The lowest BCUT2D eigenvalue weighted by atomic mass is 9.81. The molecule has 7 nitrogen and oxygen atoms in total. The van der Waals surface area contributed by atoms with Gasteiger partial charge in [0.05, 0.1) is 17.5 Å². The molecule has 3 N–H and O–H groups in total. The number of hydrogen-bond acceptors (Lipinski definition) is 5. The van der Waals surface area contributed by atoms with Crippen molar-refractivity contribution in [3.05, 3.63) is 75.6 Å². The van der Waals surface area contributed by atoms with E-state index in [1.807, 2.05) is 12.1 Å². The van der Waals surface area contributed by atoms with E-state index >= 15 is 0 Å². The minimum Gasteiger partial charge on any atom is -0.494 e. The second kappa shape index (κ2) is 12.7. The predicted molar refractivity (Wildman–Crippen MR) is 155 cm³/mol. The molecule has 1 atom stereocenters. The molecule has 0 spiro atoms.